The van der Waals surface area contributed by atoms with Gasteiger partial charge in [0.05, 0.1) is 23.5 Å². The molecule has 0 spiro atoms. The van der Waals surface area contributed by atoms with Crippen LogP contribution in [0.4, 0.5) is 0 Å². The monoisotopic (exact) mass is 419 g/mol. The molecule has 0 atom stereocenters. The average Bonchev–Trinajstić information content (AvgIpc) is 3.35. The lowest BCUT2D eigenvalue weighted by atomic mass is 9.89. The van der Waals surface area contributed by atoms with Gasteiger partial charge in [-0.3, -0.25) is 0 Å². The van der Waals surface area contributed by atoms with E-state index in [0.717, 1.165) is 41.2 Å². The Hall–Kier alpha value is -3.75. The zero-order chi connectivity index (χ0) is 21.9. The van der Waals surface area contributed by atoms with Crippen LogP contribution in [0.15, 0.2) is 72.9 Å². The lowest BCUT2D eigenvalue weighted by Gasteiger charge is -2.23. The highest BCUT2D eigenvalue weighted by molar-refractivity contribution is 5.69. The van der Waals surface area contributed by atoms with Crippen LogP contribution in [-0.4, -0.2) is 28.1 Å². The van der Waals surface area contributed by atoms with Gasteiger partial charge >= 0.3 is 0 Å². The molecule has 3 aromatic carbocycles. The second kappa shape index (κ2) is 8.78. The number of hydrogen-bond donors (Lipinski definition) is 1. The number of aromatic nitrogens is 3. The molecule has 5 heteroatoms. The van der Waals surface area contributed by atoms with E-state index in [9.17, 15) is 5.26 Å². The first kappa shape index (κ1) is 20.2. The van der Waals surface area contributed by atoms with Gasteiger partial charge < -0.3 is 5.32 Å². The van der Waals surface area contributed by atoms with Gasteiger partial charge in [0.15, 0.2) is 0 Å². The summed E-state index contributed by atoms with van der Waals surface area (Å²) in [5, 5.41) is 21.7. The summed E-state index contributed by atoms with van der Waals surface area (Å²) in [5.74, 6) is 0.627. The predicted octanol–water partition coefficient (Wildman–Crippen LogP) is 5.25. The molecule has 5 nitrogen and oxygen atoms in total. The Bertz CT molecular complexity index is 1260. The van der Waals surface area contributed by atoms with Gasteiger partial charge in [0.2, 0.25) is 0 Å². The molecule has 1 aliphatic heterocycles. The number of nitrogens with zero attached hydrogens (tertiary/aromatic N) is 4. The van der Waals surface area contributed by atoms with E-state index in [4.69, 9.17) is 0 Å². The Kier molecular flexibility index (Phi) is 5.53. The minimum atomic E-state index is 0.604. The van der Waals surface area contributed by atoms with Crippen molar-refractivity contribution in [3.8, 4) is 34.1 Å². The largest absolute Gasteiger partial charge is 0.317 e. The minimum absolute atomic E-state index is 0.604. The normalized spacial score (nSPS) is 14.2. The van der Waals surface area contributed by atoms with Crippen LogP contribution in [0, 0.1) is 18.3 Å². The van der Waals surface area contributed by atoms with Crippen LogP contribution in [-0.2, 0) is 0 Å². The second-order valence-corrected chi connectivity index (χ2v) is 8.44. The molecule has 1 saturated heterocycles. The van der Waals surface area contributed by atoms with Crippen LogP contribution in [0.1, 0.15) is 35.4 Å². The molecule has 1 fully saturated rings. The summed E-state index contributed by atoms with van der Waals surface area (Å²) in [6.45, 7) is 4.24. The van der Waals surface area contributed by atoms with Crippen molar-refractivity contribution in [2.45, 2.75) is 25.7 Å². The highest BCUT2D eigenvalue weighted by Gasteiger charge is 2.15. The molecular weight excluding hydrogens is 394 g/mol. The Morgan fingerprint density at radius 3 is 2.34 bits per heavy atom. The quantitative estimate of drug-likeness (QED) is 0.491. The van der Waals surface area contributed by atoms with Gasteiger partial charge in [-0.05, 0) is 73.7 Å². The molecule has 0 amide bonds. The fourth-order valence-corrected chi connectivity index (χ4v) is 4.32. The fourth-order valence-electron chi connectivity index (χ4n) is 4.32. The van der Waals surface area contributed by atoms with Gasteiger partial charge in [-0.25, -0.2) is 4.68 Å². The third-order valence-electron chi connectivity index (χ3n) is 6.21. The van der Waals surface area contributed by atoms with Crippen molar-refractivity contribution >= 4 is 0 Å². The zero-order valence-corrected chi connectivity index (χ0v) is 18.1. The topological polar surface area (TPSA) is 66.5 Å². The number of piperidine rings is 1. The van der Waals surface area contributed by atoms with Crippen molar-refractivity contribution in [2.24, 2.45) is 0 Å². The molecule has 5 rings (SSSR count). The van der Waals surface area contributed by atoms with Crippen molar-refractivity contribution in [3.05, 3.63) is 89.6 Å². The number of benzene rings is 3. The Balaban J connectivity index is 1.46. The maximum Gasteiger partial charge on any atom is 0.113 e. The van der Waals surface area contributed by atoms with E-state index >= 15 is 0 Å². The maximum atomic E-state index is 9.60. The molecule has 2 heterocycles. The van der Waals surface area contributed by atoms with E-state index < -0.39 is 0 Å². The average molecular weight is 420 g/mol. The van der Waals surface area contributed by atoms with Crippen LogP contribution in [0.3, 0.4) is 0 Å². The van der Waals surface area contributed by atoms with Crippen LogP contribution < -0.4 is 5.32 Å². The maximum absolute atomic E-state index is 9.60. The number of nitrogens with one attached hydrogen (secondary N) is 1. The Morgan fingerprint density at radius 1 is 0.906 bits per heavy atom. The van der Waals surface area contributed by atoms with Gasteiger partial charge in [-0.15, -0.1) is 5.10 Å². The van der Waals surface area contributed by atoms with Crippen molar-refractivity contribution in [3.63, 3.8) is 0 Å². The molecule has 0 aliphatic carbocycles. The molecule has 0 radical (unpaired) electrons. The summed E-state index contributed by atoms with van der Waals surface area (Å²) in [4.78, 5) is 0. The summed E-state index contributed by atoms with van der Waals surface area (Å²) >= 11 is 0. The van der Waals surface area contributed by atoms with Gasteiger partial charge in [0, 0.05) is 5.56 Å². The number of rotatable bonds is 4. The molecule has 0 unspecified atom stereocenters. The molecule has 4 aromatic rings. The molecule has 32 heavy (non-hydrogen) atoms. The van der Waals surface area contributed by atoms with Crippen molar-refractivity contribution in [1.82, 2.24) is 20.3 Å². The van der Waals surface area contributed by atoms with E-state index in [0.29, 0.717) is 11.5 Å². The summed E-state index contributed by atoms with van der Waals surface area (Å²) in [6.07, 6.45) is 4.27. The van der Waals surface area contributed by atoms with Crippen molar-refractivity contribution in [2.75, 3.05) is 13.1 Å². The van der Waals surface area contributed by atoms with Crippen molar-refractivity contribution in [1.29, 1.82) is 5.26 Å². The van der Waals surface area contributed by atoms with Gasteiger partial charge in [0.1, 0.15) is 5.69 Å². The third kappa shape index (κ3) is 4.18. The van der Waals surface area contributed by atoms with E-state index in [1.165, 1.54) is 24.0 Å². The van der Waals surface area contributed by atoms with Gasteiger partial charge in [-0.2, -0.15) is 5.26 Å². The SMILES string of the molecule is Cc1ccc(-c2cn(-c3cc(C#N)cc(-c4ccc(C5CCNCC5)cc4)c3)nn2)cc1. The Morgan fingerprint density at radius 2 is 1.62 bits per heavy atom. The summed E-state index contributed by atoms with van der Waals surface area (Å²) in [6, 6.07) is 25.1. The van der Waals surface area contributed by atoms with Crippen LogP contribution in [0.2, 0.25) is 0 Å². The van der Waals surface area contributed by atoms with E-state index in [-0.39, 0.29) is 0 Å². The van der Waals surface area contributed by atoms with E-state index in [1.54, 1.807) is 4.68 Å². The molecule has 158 valence electrons. The summed E-state index contributed by atoms with van der Waals surface area (Å²) in [5.41, 5.74) is 7.96. The van der Waals surface area contributed by atoms with Gasteiger partial charge in [-0.1, -0.05) is 59.3 Å². The van der Waals surface area contributed by atoms with Crippen LogP contribution in [0.5, 0.6) is 0 Å². The molecule has 1 aliphatic rings. The lowest BCUT2D eigenvalue weighted by Crippen LogP contribution is -2.26. The molecular formula is C27H25N5. The first-order valence-electron chi connectivity index (χ1n) is 11.1. The second-order valence-electron chi connectivity index (χ2n) is 8.44. The minimum Gasteiger partial charge on any atom is -0.317 e. The summed E-state index contributed by atoms with van der Waals surface area (Å²) < 4.78 is 1.74. The lowest BCUT2D eigenvalue weighted by molar-refractivity contribution is 0.460. The first-order chi connectivity index (χ1) is 15.7. The zero-order valence-electron chi connectivity index (χ0n) is 18.1. The highest BCUT2D eigenvalue weighted by atomic mass is 15.4. The highest BCUT2D eigenvalue weighted by Crippen LogP contribution is 2.29. The van der Waals surface area contributed by atoms with Crippen molar-refractivity contribution < 1.29 is 0 Å². The molecule has 1 N–H and O–H groups in total. The summed E-state index contributed by atoms with van der Waals surface area (Å²) in [7, 11) is 0. The molecule has 0 saturated carbocycles. The van der Waals surface area contributed by atoms with E-state index in [2.05, 4.69) is 71.1 Å². The molecule has 1 aromatic heterocycles. The Labute approximate surface area is 188 Å². The third-order valence-corrected chi connectivity index (χ3v) is 6.21. The smallest absolute Gasteiger partial charge is 0.113 e. The van der Waals surface area contributed by atoms with Gasteiger partial charge in [0.25, 0.3) is 0 Å². The number of hydrogen-bond acceptors (Lipinski definition) is 4. The fraction of sp³-hybridized carbons (Fsp3) is 0.222. The number of aryl methyl sites for hydroxylation is 1. The standard InChI is InChI=1S/C27H25N5/c1-19-2-4-24(5-3-19)27-18-32(31-30-27)26-15-20(17-28)14-25(16-26)22-8-6-21(7-9-22)23-10-12-29-13-11-23/h2-9,14-16,18,23,29H,10-13H2,1H3. The van der Waals surface area contributed by atoms with Crippen LogP contribution in [0.25, 0.3) is 28.1 Å². The van der Waals surface area contributed by atoms with Crippen LogP contribution >= 0.6 is 0 Å². The molecule has 0 bridgehead atoms. The predicted molar refractivity (Wildman–Crippen MR) is 127 cm³/mol. The van der Waals surface area contributed by atoms with E-state index in [1.807, 2.05) is 30.5 Å². The first-order valence-corrected chi connectivity index (χ1v) is 11.1. The number of nitriles is 1.